The van der Waals surface area contributed by atoms with Crippen molar-refractivity contribution in [2.45, 2.75) is 12.8 Å². The number of hydrogen-bond donors (Lipinski definition) is 1. The molecule has 2 saturated heterocycles. The van der Waals surface area contributed by atoms with Gasteiger partial charge in [0.05, 0.1) is 5.92 Å². The molecule has 80 valence electrons. The number of halogens is 2. The van der Waals surface area contributed by atoms with Gasteiger partial charge >= 0.3 is 0 Å². The maximum atomic E-state index is 12.3. The van der Waals surface area contributed by atoms with Gasteiger partial charge in [-0.3, -0.25) is 4.79 Å². The van der Waals surface area contributed by atoms with Crippen molar-refractivity contribution in [3.8, 4) is 0 Å². The van der Waals surface area contributed by atoms with Crippen molar-refractivity contribution in [2.75, 3.05) is 26.2 Å². The van der Waals surface area contributed by atoms with E-state index in [0.29, 0.717) is 26.1 Å². The minimum Gasteiger partial charge on any atom is -0.342 e. The summed E-state index contributed by atoms with van der Waals surface area (Å²) in [4.78, 5) is 13.2. The SMILES string of the molecule is O=C(C1CNC1)N1CC[C@H](C(F)F)C1. The first-order chi connectivity index (χ1) is 6.68. The molecule has 14 heavy (non-hydrogen) atoms. The maximum absolute atomic E-state index is 12.3. The normalized spacial score (nSPS) is 28.2. The molecule has 2 fully saturated rings. The third-order valence-corrected chi connectivity index (χ3v) is 3.02. The van der Waals surface area contributed by atoms with Crippen molar-refractivity contribution < 1.29 is 13.6 Å². The molecule has 3 nitrogen and oxygen atoms in total. The summed E-state index contributed by atoms with van der Waals surface area (Å²) in [7, 11) is 0. The van der Waals surface area contributed by atoms with Gasteiger partial charge in [-0.15, -0.1) is 0 Å². The number of likely N-dealkylation sites (tertiary alicyclic amines) is 1. The minimum atomic E-state index is -2.28. The quantitative estimate of drug-likeness (QED) is 0.702. The van der Waals surface area contributed by atoms with Crippen LogP contribution in [0.25, 0.3) is 0 Å². The summed E-state index contributed by atoms with van der Waals surface area (Å²) in [5, 5.41) is 3.00. The summed E-state index contributed by atoms with van der Waals surface area (Å²) >= 11 is 0. The van der Waals surface area contributed by atoms with E-state index < -0.39 is 12.3 Å². The van der Waals surface area contributed by atoms with Crippen molar-refractivity contribution in [1.82, 2.24) is 10.2 Å². The van der Waals surface area contributed by atoms with E-state index in [2.05, 4.69) is 5.32 Å². The van der Waals surface area contributed by atoms with Crippen LogP contribution in [0.15, 0.2) is 0 Å². The van der Waals surface area contributed by atoms with Gasteiger partial charge in [0.15, 0.2) is 0 Å². The van der Waals surface area contributed by atoms with E-state index in [1.54, 1.807) is 4.90 Å². The zero-order chi connectivity index (χ0) is 10.1. The second-order valence-corrected chi connectivity index (χ2v) is 4.02. The topological polar surface area (TPSA) is 32.3 Å². The van der Waals surface area contributed by atoms with Crippen LogP contribution in [0.2, 0.25) is 0 Å². The third kappa shape index (κ3) is 1.73. The van der Waals surface area contributed by atoms with E-state index in [9.17, 15) is 13.6 Å². The average Bonchev–Trinajstić information content (AvgIpc) is 2.48. The van der Waals surface area contributed by atoms with E-state index in [1.165, 1.54) is 0 Å². The Bertz CT molecular complexity index is 231. The molecule has 1 amide bonds. The fourth-order valence-electron chi connectivity index (χ4n) is 1.91. The van der Waals surface area contributed by atoms with Crippen molar-refractivity contribution in [3.63, 3.8) is 0 Å². The summed E-state index contributed by atoms with van der Waals surface area (Å²) in [6.45, 7) is 2.15. The summed E-state index contributed by atoms with van der Waals surface area (Å²) in [5.41, 5.74) is 0. The zero-order valence-corrected chi connectivity index (χ0v) is 7.88. The molecule has 0 aromatic heterocycles. The lowest BCUT2D eigenvalue weighted by Gasteiger charge is -2.30. The molecule has 0 aromatic carbocycles. The molecule has 1 atom stereocenters. The van der Waals surface area contributed by atoms with Gasteiger partial charge in [0.1, 0.15) is 0 Å². The van der Waals surface area contributed by atoms with E-state index in [0.717, 1.165) is 0 Å². The predicted molar refractivity (Wildman–Crippen MR) is 47.1 cm³/mol. The highest BCUT2D eigenvalue weighted by Gasteiger charge is 2.36. The predicted octanol–water partition coefficient (Wildman–Crippen LogP) is 0.319. The first-order valence-corrected chi connectivity index (χ1v) is 4.96. The van der Waals surface area contributed by atoms with Gasteiger partial charge in [-0.05, 0) is 6.42 Å². The van der Waals surface area contributed by atoms with Crippen LogP contribution in [0.4, 0.5) is 8.78 Å². The Balaban J connectivity index is 1.85. The molecular weight excluding hydrogens is 190 g/mol. The lowest BCUT2D eigenvalue weighted by atomic mass is 10.0. The highest BCUT2D eigenvalue weighted by molar-refractivity contribution is 5.80. The van der Waals surface area contributed by atoms with Crippen LogP contribution in [0.3, 0.4) is 0 Å². The Morgan fingerprint density at radius 1 is 1.43 bits per heavy atom. The fraction of sp³-hybridized carbons (Fsp3) is 0.889. The molecule has 0 unspecified atom stereocenters. The molecule has 2 aliphatic rings. The van der Waals surface area contributed by atoms with Gasteiger partial charge in [0.25, 0.3) is 0 Å². The zero-order valence-electron chi connectivity index (χ0n) is 7.88. The van der Waals surface area contributed by atoms with E-state index in [1.807, 2.05) is 0 Å². The fourth-order valence-corrected chi connectivity index (χ4v) is 1.91. The second-order valence-electron chi connectivity index (χ2n) is 4.02. The van der Waals surface area contributed by atoms with Crippen LogP contribution < -0.4 is 5.32 Å². The lowest BCUT2D eigenvalue weighted by molar-refractivity contribution is -0.136. The van der Waals surface area contributed by atoms with Gasteiger partial charge in [-0.1, -0.05) is 0 Å². The Kier molecular flexibility index (Phi) is 2.67. The molecule has 2 aliphatic heterocycles. The van der Waals surface area contributed by atoms with Gasteiger partial charge in [-0.25, -0.2) is 8.78 Å². The number of carbonyl (C=O) groups is 1. The minimum absolute atomic E-state index is 0.0337. The molecule has 2 heterocycles. The van der Waals surface area contributed by atoms with E-state index >= 15 is 0 Å². The first-order valence-electron chi connectivity index (χ1n) is 4.96. The molecule has 1 N–H and O–H groups in total. The Hall–Kier alpha value is -0.710. The van der Waals surface area contributed by atoms with Crippen molar-refractivity contribution >= 4 is 5.91 Å². The number of nitrogens with zero attached hydrogens (tertiary/aromatic N) is 1. The molecule has 0 aromatic rings. The van der Waals surface area contributed by atoms with Crippen LogP contribution in [-0.2, 0) is 4.79 Å². The molecule has 0 saturated carbocycles. The van der Waals surface area contributed by atoms with Crippen LogP contribution >= 0.6 is 0 Å². The molecule has 0 spiro atoms. The molecule has 5 heteroatoms. The van der Waals surface area contributed by atoms with Crippen molar-refractivity contribution in [2.24, 2.45) is 11.8 Å². The van der Waals surface area contributed by atoms with Gasteiger partial charge < -0.3 is 10.2 Å². The summed E-state index contributed by atoms with van der Waals surface area (Å²) in [5.74, 6) is -0.523. The van der Waals surface area contributed by atoms with E-state index in [4.69, 9.17) is 0 Å². The van der Waals surface area contributed by atoms with Crippen LogP contribution in [0, 0.1) is 11.8 Å². The first kappa shape index (κ1) is 9.83. The summed E-state index contributed by atoms with van der Waals surface area (Å²) < 4.78 is 24.6. The largest absolute Gasteiger partial charge is 0.342 e. The van der Waals surface area contributed by atoms with Gasteiger partial charge in [-0.2, -0.15) is 0 Å². The number of carbonyl (C=O) groups excluding carboxylic acids is 1. The van der Waals surface area contributed by atoms with Gasteiger partial charge in [0, 0.05) is 32.1 Å². The Morgan fingerprint density at radius 2 is 2.14 bits per heavy atom. The number of nitrogens with one attached hydrogen (secondary N) is 1. The number of alkyl halides is 2. The summed E-state index contributed by atoms with van der Waals surface area (Å²) in [6.07, 6.45) is -1.84. The summed E-state index contributed by atoms with van der Waals surface area (Å²) in [6, 6.07) is 0. The van der Waals surface area contributed by atoms with Crippen LogP contribution in [0.5, 0.6) is 0 Å². The lowest BCUT2D eigenvalue weighted by Crippen LogP contribution is -2.51. The Labute approximate surface area is 81.4 Å². The number of hydrogen-bond acceptors (Lipinski definition) is 2. The number of amides is 1. The van der Waals surface area contributed by atoms with Gasteiger partial charge in [0.2, 0.25) is 12.3 Å². The molecular formula is C9H14F2N2O. The third-order valence-electron chi connectivity index (χ3n) is 3.02. The Morgan fingerprint density at radius 3 is 2.57 bits per heavy atom. The highest BCUT2D eigenvalue weighted by Crippen LogP contribution is 2.24. The molecule has 0 bridgehead atoms. The second kappa shape index (κ2) is 3.81. The smallest absolute Gasteiger partial charge is 0.243 e. The molecule has 0 radical (unpaired) electrons. The van der Waals surface area contributed by atoms with Crippen LogP contribution in [-0.4, -0.2) is 43.4 Å². The van der Waals surface area contributed by atoms with Crippen LogP contribution in [0.1, 0.15) is 6.42 Å². The average molecular weight is 204 g/mol. The highest BCUT2D eigenvalue weighted by atomic mass is 19.3. The van der Waals surface area contributed by atoms with Crippen molar-refractivity contribution in [3.05, 3.63) is 0 Å². The maximum Gasteiger partial charge on any atom is 0.243 e. The standard InChI is InChI=1S/C9H14F2N2O/c10-8(11)6-1-2-13(5-6)9(14)7-3-12-4-7/h6-8,12H,1-5H2/t6-/m0/s1. The van der Waals surface area contributed by atoms with E-state index in [-0.39, 0.29) is 18.4 Å². The number of rotatable bonds is 2. The van der Waals surface area contributed by atoms with Crippen molar-refractivity contribution in [1.29, 1.82) is 0 Å². The molecule has 2 rings (SSSR count). The molecule has 0 aliphatic carbocycles. The monoisotopic (exact) mass is 204 g/mol.